The summed E-state index contributed by atoms with van der Waals surface area (Å²) in [7, 11) is 0. The molecule has 0 aliphatic heterocycles. The van der Waals surface area contributed by atoms with Crippen LogP contribution in [0.4, 0.5) is 11.5 Å². The summed E-state index contributed by atoms with van der Waals surface area (Å²) in [6.45, 7) is 4.18. The van der Waals surface area contributed by atoms with Crippen LogP contribution < -0.4 is 5.32 Å². The van der Waals surface area contributed by atoms with Gasteiger partial charge in [0.25, 0.3) is 0 Å². The number of thiophene rings is 1. The molecule has 3 aromatic rings. The lowest BCUT2D eigenvalue weighted by molar-refractivity contribution is 1.19. The minimum atomic E-state index is 0.267. The number of hydrogen-bond donors (Lipinski definition) is 1. The van der Waals surface area contributed by atoms with Gasteiger partial charge in [-0.05, 0) is 54.8 Å². The van der Waals surface area contributed by atoms with Gasteiger partial charge in [-0.1, -0.05) is 22.9 Å². The molecule has 3 nitrogen and oxygen atoms in total. The summed E-state index contributed by atoms with van der Waals surface area (Å²) in [4.78, 5) is 10.8. The molecule has 21 heavy (non-hydrogen) atoms. The number of nitrogens with zero attached hydrogens (tertiary/aromatic N) is 2. The van der Waals surface area contributed by atoms with Crippen LogP contribution in [0.2, 0.25) is 5.28 Å². The van der Waals surface area contributed by atoms with Crippen molar-refractivity contribution in [2.24, 2.45) is 0 Å². The van der Waals surface area contributed by atoms with Gasteiger partial charge in [-0.15, -0.1) is 11.3 Å². The first-order valence-corrected chi connectivity index (χ1v) is 8.54. The number of halogens is 2. The van der Waals surface area contributed by atoms with E-state index in [1.807, 2.05) is 12.1 Å². The fourth-order valence-corrected chi connectivity index (χ4v) is 3.51. The van der Waals surface area contributed by atoms with E-state index < -0.39 is 0 Å². The first-order valence-electron chi connectivity index (χ1n) is 6.56. The monoisotopic (exact) mass is 381 g/mol. The summed E-state index contributed by atoms with van der Waals surface area (Å²) in [6.07, 6.45) is 0.982. The second-order valence-corrected chi connectivity index (χ2v) is 7.02. The molecular formula is C15H13BrClN3S. The zero-order chi connectivity index (χ0) is 15.0. The maximum atomic E-state index is 6.04. The van der Waals surface area contributed by atoms with Crippen molar-refractivity contribution in [2.45, 2.75) is 20.3 Å². The Bertz CT molecular complexity index is 816. The summed E-state index contributed by atoms with van der Waals surface area (Å²) in [5, 5.41) is 4.63. The number of nitrogens with one attached hydrogen (secondary N) is 1. The quantitative estimate of drug-likeness (QED) is 0.588. The third-order valence-electron chi connectivity index (χ3n) is 3.19. The van der Waals surface area contributed by atoms with Crippen molar-refractivity contribution in [3.05, 3.63) is 44.5 Å². The highest BCUT2D eigenvalue weighted by atomic mass is 79.9. The number of fused-ring (bicyclic) bond motifs is 1. The number of aromatic nitrogens is 2. The molecule has 0 fully saturated rings. The van der Waals surface area contributed by atoms with Crippen molar-refractivity contribution in [2.75, 3.05) is 5.32 Å². The van der Waals surface area contributed by atoms with E-state index in [0.29, 0.717) is 0 Å². The van der Waals surface area contributed by atoms with Gasteiger partial charge in [-0.3, -0.25) is 0 Å². The summed E-state index contributed by atoms with van der Waals surface area (Å²) in [5.74, 6) is 0.752. The molecule has 6 heteroatoms. The van der Waals surface area contributed by atoms with Gasteiger partial charge in [0.1, 0.15) is 10.6 Å². The lowest BCUT2D eigenvalue weighted by atomic mass is 10.2. The average molecular weight is 383 g/mol. The van der Waals surface area contributed by atoms with Gasteiger partial charge in [0.05, 0.1) is 5.39 Å². The Labute approximate surface area is 140 Å². The van der Waals surface area contributed by atoms with Gasteiger partial charge < -0.3 is 5.32 Å². The minimum absolute atomic E-state index is 0.267. The van der Waals surface area contributed by atoms with Crippen LogP contribution in [0.15, 0.2) is 28.7 Å². The predicted molar refractivity (Wildman–Crippen MR) is 94.0 cm³/mol. The van der Waals surface area contributed by atoms with Crippen molar-refractivity contribution in [1.82, 2.24) is 9.97 Å². The Morgan fingerprint density at radius 1 is 1.29 bits per heavy atom. The highest BCUT2D eigenvalue weighted by Crippen LogP contribution is 2.32. The van der Waals surface area contributed by atoms with Gasteiger partial charge in [0, 0.05) is 15.0 Å². The number of rotatable bonds is 3. The maximum Gasteiger partial charge on any atom is 0.225 e. The van der Waals surface area contributed by atoms with Crippen LogP contribution in [-0.2, 0) is 6.42 Å². The molecule has 0 bridgehead atoms. The van der Waals surface area contributed by atoms with E-state index in [-0.39, 0.29) is 5.28 Å². The number of hydrogen-bond acceptors (Lipinski definition) is 4. The van der Waals surface area contributed by atoms with E-state index in [1.54, 1.807) is 11.3 Å². The summed E-state index contributed by atoms with van der Waals surface area (Å²) in [6, 6.07) is 8.22. The molecule has 0 spiro atoms. The van der Waals surface area contributed by atoms with Crippen molar-refractivity contribution in [3.63, 3.8) is 0 Å². The highest BCUT2D eigenvalue weighted by Gasteiger charge is 2.11. The molecule has 1 N–H and O–H groups in total. The van der Waals surface area contributed by atoms with E-state index in [0.717, 1.165) is 38.2 Å². The second kappa shape index (κ2) is 5.91. The Morgan fingerprint density at radius 2 is 2.10 bits per heavy atom. The normalized spacial score (nSPS) is 11.0. The van der Waals surface area contributed by atoms with Crippen LogP contribution in [0, 0.1) is 6.92 Å². The average Bonchev–Trinajstić information content (AvgIpc) is 2.86. The third-order valence-corrected chi connectivity index (χ3v) is 5.42. The molecule has 0 radical (unpaired) electrons. The van der Waals surface area contributed by atoms with Gasteiger partial charge in [0.2, 0.25) is 5.28 Å². The van der Waals surface area contributed by atoms with Crippen LogP contribution >= 0.6 is 38.9 Å². The molecular weight excluding hydrogens is 370 g/mol. The van der Waals surface area contributed by atoms with E-state index in [2.05, 4.69) is 57.2 Å². The molecule has 2 heterocycles. The molecule has 0 aliphatic rings. The maximum absolute atomic E-state index is 6.04. The Morgan fingerprint density at radius 3 is 2.81 bits per heavy atom. The minimum Gasteiger partial charge on any atom is -0.340 e. The van der Waals surface area contributed by atoms with E-state index in [1.165, 1.54) is 4.88 Å². The first-order chi connectivity index (χ1) is 10.1. The van der Waals surface area contributed by atoms with Crippen molar-refractivity contribution in [1.29, 1.82) is 0 Å². The predicted octanol–water partition coefficient (Wildman–Crippen LogP) is 5.72. The number of aryl methyl sites for hydroxylation is 2. The number of anilines is 2. The van der Waals surface area contributed by atoms with Crippen molar-refractivity contribution < 1.29 is 0 Å². The molecule has 0 atom stereocenters. The molecule has 0 saturated carbocycles. The second-order valence-electron chi connectivity index (χ2n) is 4.72. The van der Waals surface area contributed by atoms with Gasteiger partial charge in [-0.25, -0.2) is 4.98 Å². The molecule has 0 amide bonds. The Kier molecular flexibility index (Phi) is 4.15. The summed E-state index contributed by atoms with van der Waals surface area (Å²) >= 11 is 11.2. The van der Waals surface area contributed by atoms with Gasteiger partial charge >= 0.3 is 0 Å². The molecule has 1 aromatic carbocycles. The molecule has 2 aromatic heterocycles. The fraction of sp³-hybridized carbons (Fsp3) is 0.200. The lowest BCUT2D eigenvalue weighted by Crippen LogP contribution is -1.96. The smallest absolute Gasteiger partial charge is 0.225 e. The SMILES string of the molecule is CCc1cc2c(Nc3ccc(Br)c(C)c3)nc(Cl)nc2s1. The molecule has 3 rings (SSSR count). The standard InChI is InChI=1S/C15H13BrClN3S/c1-3-10-7-11-13(19-15(17)20-14(11)21-10)18-9-4-5-12(16)8(2)6-9/h4-7H,3H2,1-2H3,(H,18,19,20). The van der Waals surface area contributed by atoms with E-state index in [9.17, 15) is 0 Å². The zero-order valence-electron chi connectivity index (χ0n) is 11.6. The van der Waals surface area contributed by atoms with Crippen molar-refractivity contribution in [3.8, 4) is 0 Å². The van der Waals surface area contributed by atoms with Crippen LogP contribution in [0.5, 0.6) is 0 Å². The van der Waals surface area contributed by atoms with Crippen LogP contribution in [0.1, 0.15) is 17.4 Å². The summed E-state index contributed by atoms with van der Waals surface area (Å²) in [5.41, 5.74) is 2.15. The molecule has 0 unspecified atom stereocenters. The van der Waals surface area contributed by atoms with Crippen LogP contribution in [0.3, 0.4) is 0 Å². The lowest BCUT2D eigenvalue weighted by Gasteiger charge is -2.08. The van der Waals surface area contributed by atoms with Gasteiger partial charge in [0.15, 0.2) is 0 Å². The topological polar surface area (TPSA) is 37.8 Å². The third kappa shape index (κ3) is 3.05. The Balaban J connectivity index is 2.06. The first kappa shape index (κ1) is 14.8. The fourth-order valence-electron chi connectivity index (χ4n) is 2.07. The largest absolute Gasteiger partial charge is 0.340 e. The molecule has 0 saturated heterocycles. The highest BCUT2D eigenvalue weighted by molar-refractivity contribution is 9.10. The molecule has 0 aliphatic carbocycles. The van der Waals surface area contributed by atoms with E-state index in [4.69, 9.17) is 11.6 Å². The van der Waals surface area contributed by atoms with Crippen LogP contribution in [-0.4, -0.2) is 9.97 Å². The molecule has 108 valence electrons. The van der Waals surface area contributed by atoms with Crippen LogP contribution in [0.25, 0.3) is 10.2 Å². The van der Waals surface area contributed by atoms with E-state index >= 15 is 0 Å². The Hall–Kier alpha value is -1.17. The van der Waals surface area contributed by atoms with Crippen molar-refractivity contribution >= 4 is 60.6 Å². The number of benzene rings is 1. The summed E-state index contributed by atoms with van der Waals surface area (Å²) < 4.78 is 1.09. The zero-order valence-corrected chi connectivity index (χ0v) is 14.7. The van der Waals surface area contributed by atoms with Gasteiger partial charge in [-0.2, -0.15) is 4.98 Å².